The van der Waals surface area contributed by atoms with E-state index in [1.807, 2.05) is 0 Å². The minimum atomic E-state index is -4.81. The lowest BCUT2D eigenvalue weighted by Gasteiger charge is -2.07. The van der Waals surface area contributed by atoms with E-state index in [-0.39, 0.29) is 4.73 Å². The molecule has 0 aliphatic heterocycles. The van der Waals surface area contributed by atoms with Crippen molar-refractivity contribution in [2.24, 2.45) is 0 Å². The largest absolute Gasteiger partial charge is 0.478 e. The summed E-state index contributed by atoms with van der Waals surface area (Å²) in [4.78, 5) is 16.6. The van der Waals surface area contributed by atoms with Crippen LogP contribution in [0.1, 0.15) is 16.1 Å². The summed E-state index contributed by atoms with van der Waals surface area (Å²) >= 11 is 2.62. The lowest BCUT2D eigenvalue weighted by Crippen LogP contribution is -2.16. The second-order valence-corrected chi connectivity index (χ2v) is 2.91. The van der Waals surface area contributed by atoms with E-state index in [1.165, 1.54) is 0 Å². The van der Waals surface area contributed by atoms with Gasteiger partial charge in [0.25, 0.3) is 0 Å². The number of hydrogen-bond donors (Lipinski definition) is 1. The number of carboxylic acid groups (broad SMARTS) is 1. The fourth-order valence-electron chi connectivity index (χ4n) is 0.733. The van der Waals surface area contributed by atoms with E-state index < -0.39 is 23.4 Å². The van der Waals surface area contributed by atoms with E-state index in [0.29, 0.717) is 6.20 Å². The molecule has 1 rings (SSSR count). The highest BCUT2D eigenvalue weighted by molar-refractivity contribution is 9.10. The number of halogens is 4. The van der Waals surface area contributed by atoms with Crippen molar-refractivity contribution < 1.29 is 23.1 Å². The van der Waals surface area contributed by atoms with Gasteiger partial charge in [-0.1, -0.05) is 0 Å². The molecule has 0 spiro atoms. The van der Waals surface area contributed by atoms with E-state index in [4.69, 9.17) is 5.11 Å². The summed E-state index contributed by atoms with van der Waals surface area (Å²) in [5.41, 5.74) is -2.44. The smallest absolute Gasteiger partial charge is 0.434 e. The SMILES string of the molecule is O=C(O)c1cnc(Br)nc1C(F)(F)F. The van der Waals surface area contributed by atoms with Gasteiger partial charge in [-0.05, 0) is 15.9 Å². The molecule has 1 heterocycles. The molecule has 0 amide bonds. The molecule has 14 heavy (non-hydrogen) atoms. The molecule has 1 aromatic rings. The zero-order valence-corrected chi connectivity index (χ0v) is 7.93. The van der Waals surface area contributed by atoms with Crippen molar-refractivity contribution in [2.75, 3.05) is 0 Å². The summed E-state index contributed by atoms with van der Waals surface area (Å²) in [6, 6.07) is 0. The number of carboxylic acids is 1. The maximum Gasteiger partial charge on any atom is 0.434 e. The van der Waals surface area contributed by atoms with Crippen molar-refractivity contribution in [1.29, 1.82) is 0 Å². The molecule has 4 nitrogen and oxygen atoms in total. The zero-order chi connectivity index (χ0) is 10.9. The summed E-state index contributed by atoms with van der Waals surface area (Å²) in [6.07, 6.45) is -4.21. The van der Waals surface area contributed by atoms with Crippen molar-refractivity contribution >= 4 is 21.9 Å². The van der Waals surface area contributed by atoms with Crippen molar-refractivity contribution in [1.82, 2.24) is 9.97 Å². The first-order valence-corrected chi connectivity index (χ1v) is 3.94. The van der Waals surface area contributed by atoms with Gasteiger partial charge in [0.15, 0.2) is 10.4 Å². The molecule has 0 saturated carbocycles. The molecule has 0 aliphatic rings. The van der Waals surface area contributed by atoms with Gasteiger partial charge in [0.05, 0.1) is 0 Å². The van der Waals surface area contributed by atoms with Crippen LogP contribution in [-0.4, -0.2) is 21.0 Å². The van der Waals surface area contributed by atoms with Crippen LogP contribution < -0.4 is 0 Å². The van der Waals surface area contributed by atoms with Crippen LogP contribution in [0.25, 0.3) is 0 Å². The van der Waals surface area contributed by atoms with Crippen molar-refractivity contribution in [3.8, 4) is 0 Å². The lowest BCUT2D eigenvalue weighted by atomic mass is 10.2. The molecule has 0 radical (unpaired) electrons. The van der Waals surface area contributed by atoms with Gasteiger partial charge < -0.3 is 5.11 Å². The van der Waals surface area contributed by atoms with Crippen LogP contribution in [0, 0.1) is 0 Å². The van der Waals surface area contributed by atoms with E-state index in [9.17, 15) is 18.0 Å². The van der Waals surface area contributed by atoms with Crippen molar-refractivity contribution in [3.63, 3.8) is 0 Å². The Morgan fingerprint density at radius 2 is 2.07 bits per heavy atom. The predicted octanol–water partition coefficient (Wildman–Crippen LogP) is 1.96. The number of alkyl halides is 3. The molecular formula is C6H2BrF3N2O2. The minimum absolute atomic E-state index is 0.310. The fraction of sp³-hybridized carbons (Fsp3) is 0.167. The van der Waals surface area contributed by atoms with E-state index in [2.05, 4.69) is 25.9 Å². The highest BCUT2D eigenvalue weighted by Gasteiger charge is 2.37. The van der Waals surface area contributed by atoms with Crippen LogP contribution in [0.4, 0.5) is 13.2 Å². The Morgan fingerprint density at radius 1 is 1.50 bits per heavy atom. The molecule has 1 N–H and O–H groups in total. The van der Waals surface area contributed by atoms with Gasteiger partial charge in [0.1, 0.15) is 5.56 Å². The maximum atomic E-state index is 12.2. The Hall–Kier alpha value is -1.18. The monoisotopic (exact) mass is 270 g/mol. The van der Waals surface area contributed by atoms with Crippen LogP contribution in [0.5, 0.6) is 0 Å². The standard InChI is InChI=1S/C6H2BrF3N2O2/c7-5-11-1-2(4(13)14)3(12-5)6(8,9)10/h1H,(H,13,14). The third kappa shape index (κ3) is 2.19. The van der Waals surface area contributed by atoms with Crippen LogP contribution in [0.3, 0.4) is 0 Å². The molecule has 0 saturated heterocycles. The molecule has 1 aromatic heterocycles. The zero-order valence-electron chi connectivity index (χ0n) is 6.34. The molecule has 0 aliphatic carbocycles. The predicted molar refractivity (Wildman–Crippen MR) is 41.7 cm³/mol. The van der Waals surface area contributed by atoms with Crippen LogP contribution in [0.15, 0.2) is 10.9 Å². The number of carbonyl (C=O) groups is 1. The van der Waals surface area contributed by atoms with Crippen LogP contribution in [0.2, 0.25) is 0 Å². The summed E-state index contributed by atoms with van der Waals surface area (Å²) < 4.78 is 36.3. The molecular weight excluding hydrogens is 269 g/mol. The second kappa shape index (κ2) is 3.52. The van der Waals surface area contributed by atoms with E-state index >= 15 is 0 Å². The highest BCUT2D eigenvalue weighted by Crippen LogP contribution is 2.30. The third-order valence-corrected chi connectivity index (χ3v) is 1.64. The molecule has 0 aromatic carbocycles. The molecule has 0 unspecified atom stereocenters. The highest BCUT2D eigenvalue weighted by atomic mass is 79.9. The normalized spacial score (nSPS) is 11.4. The summed E-state index contributed by atoms with van der Waals surface area (Å²) in [6.45, 7) is 0. The summed E-state index contributed by atoms with van der Waals surface area (Å²) in [5, 5.41) is 8.42. The molecule has 0 atom stereocenters. The Bertz CT molecular complexity index is 380. The first-order chi connectivity index (χ1) is 6.32. The van der Waals surface area contributed by atoms with Crippen molar-refractivity contribution in [3.05, 3.63) is 22.2 Å². The quantitative estimate of drug-likeness (QED) is 0.793. The number of aromatic nitrogens is 2. The number of rotatable bonds is 1. The molecule has 0 bridgehead atoms. The average molecular weight is 271 g/mol. The first kappa shape index (κ1) is 10.9. The Kier molecular flexibility index (Phi) is 2.74. The Morgan fingerprint density at radius 3 is 2.50 bits per heavy atom. The molecule has 0 fully saturated rings. The van der Waals surface area contributed by atoms with Gasteiger partial charge in [-0.25, -0.2) is 14.8 Å². The van der Waals surface area contributed by atoms with Gasteiger partial charge in [-0.3, -0.25) is 0 Å². The Balaban J connectivity index is 3.38. The number of aromatic carboxylic acids is 1. The molecule has 8 heteroatoms. The molecule has 76 valence electrons. The number of hydrogen-bond acceptors (Lipinski definition) is 3. The third-order valence-electron chi connectivity index (χ3n) is 1.26. The topological polar surface area (TPSA) is 63.1 Å². The van der Waals surface area contributed by atoms with Crippen molar-refractivity contribution in [2.45, 2.75) is 6.18 Å². The number of nitrogens with zero attached hydrogens (tertiary/aromatic N) is 2. The summed E-state index contributed by atoms with van der Waals surface area (Å²) in [5.74, 6) is -1.72. The van der Waals surface area contributed by atoms with Gasteiger partial charge >= 0.3 is 12.1 Å². The van der Waals surface area contributed by atoms with Gasteiger partial charge in [-0.2, -0.15) is 13.2 Å². The van der Waals surface area contributed by atoms with E-state index in [0.717, 1.165) is 0 Å². The Labute approximate surface area is 83.9 Å². The second-order valence-electron chi connectivity index (χ2n) is 2.20. The average Bonchev–Trinajstić information content (AvgIpc) is 2.01. The summed E-state index contributed by atoms with van der Waals surface area (Å²) in [7, 11) is 0. The maximum absolute atomic E-state index is 12.2. The van der Waals surface area contributed by atoms with Gasteiger partial charge in [-0.15, -0.1) is 0 Å². The minimum Gasteiger partial charge on any atom is -0.478 e. The van der Waals surface area contributed by atoms with Gasteiger partial charge in [0.2, 0.25) is 0 Å². The lowest BCUT2D eigenvalue weighted by molar-refractivity contribution is -0.141. The first-order valence-electron chi connectivity index (χ1n) is 3.15. The fourth-order valence-corrected chi connectivity index (χ4v) is 1.01. The van der Waals surface area contributed by atoms with Gasteiger partial charge in [0, 0.05) is 6.20 Å². The van der Waals surface area contributed by atoms with Crippen LogP contribution >= 0.6 is 15.9 Å². The van der Waals surface area contributed by atoms with E-state index in [1.54, 1.807) is 0 Å². The van der Waals surface area contributed by atoms with Crippen LogP contribution in [-0.2, 0) is 6.18 Å².